The molecule has 2 aromatic heterocycles. The van der Waals surface area contributed by atoms with E-state index in [-0.39, 0.29) is 0 Å². The molecule has 0 bridgehead atoms. The van der Waals surface area contributed by atoms with Crippen molar-refractivity contribution in [1.29, 1.82) is 0 Å². The zero-order chi connectivity index (χ0) is 14.2. The van der Waals surface area contributed by atoms with Crippen LogP contribution in [0.2, 0.25) is 0 Å². The number of hydrogen-bond acceptors (Lipinski definition) is 4. The molecule has 2 aromatic carbocycles. The summed E-state index contributed by atoms with van der Waals surface area (Å²) in [5.41, 5.74) is 2.08. The van der Waals surface area contributed by atoms with E-state index in [1.165, 1.54) is 11.3 Å². The number of nitrogens with zero attached hydrogens (tertiary/aromatic N) is 4. The van der Waals surface area contributed by atoms with E-state index in [0.717, 1.165) is 31.4 Å². The maximum absolute atomic E-state index is 4.64. The van der Waals surface area contributed by atoms with Gasteiger partial charge in [-0.25, -0.2) is 0 Å². The summed E-state index contributed by atoms with van der Waals surface area (Å²) in [7, 11) is 0. The Labute approximate surface area is 133 Å². The Bertz CT molecular complexity index is 914. The van der Waals surface area contributed by atoms with Gasteiger partial charge in [0.1, 0.15) is 5.01 Å². The molecule has 0 saturated carbocycles. The van der Waals surface area contributed by atoms with Crippen molar-refractivity contribution in [3.05, 3.63) is 59.1 Å². The largest absolute Gasteiger partial charge is 0.235 e. The van der Waals surface area contributed by atoms with Crippen LogP contribution in [0.4, 0.5) is 0 Å². The summed E-state index contributed by atoms with van der Waals surface area (Å²) >= 11 is 5.02. The van der Waals surface area contributed by atoms with Crippen LogP contribution in [0, 0.1) is 0 Å². The number of fused-ring (bicyclic) bond motifs is 1. The maximum Gasteiger partial charge on any atom is 0.235 e. The summed E-state index contributed by atoms with van der Waals surface area (Å²) < 4.78 is 2.81. The molecular weight excluding hydrogens is 348 g/mol. The third-order valence-electron chi connectivity index (χ3n) is 3.09. The van der Waals surface area contributed by atoms with Gasteiger partial charge in [0.05, 0.1) is 0 Å². The molecule has 0 unspecified atom stereocenters. The second-order valence-electron chi connectivity index (χ2n) is 4.50. The van der Waals surface area contributed by atoms with E-state index in [0.29, 0.717) is 0 Å². The van der Waals surface area contributed by atoms with E-state index in [9.17, 15) is 0 Å². The molecule has 0 saturated heterocycles. The normalized spacial score (nSPS) is 11.1. The fraction of sp³-hybridized carbons (Fsp3) is 0. The highest BCUT2D eigenvalue weighted by Crippen LogP contribution is 2.28. The molecule has 4 nitrogen and oxygen atoms in total. The van der Waals surface area contributed by atoms with Gasteiger partial charge in [-0.15, -0.1) is 10.2 Å². The van der Waals surface area contributed by atoms with Crippen LogP contribution < -0.4 is 0 Å². The van der Waals surface area contributed by atoms with Crippen LogP contribution in [0.5, 0.6) is 0 Å². The fourth-order valence-electron chi connectivity index (χ4n) is 2.12. The smallest absolute Gasteiger partial charge is 0.182 e. The molecule has 0 spiro atoms. The summed E-state index contributed by atoms with van der Waals surface area (Å²) in [4.78, 5) is 0.795. The molecule has 0 fully saturated rings. The van der Waals surface area contributed by atoms with E-state index < -0.39 is 0 Å². The number of halogens is 1. The van der Waals surface area contributed by atoms with E-state index in [2.05, 4.69) is 31.2 Å². The Balaban J connectivity index is 1.87. The Hall–Kier alpha value is -2.05. The average Bonchev–Trinajstić information content (AvgIpc) is 3.08. The second-order valence-corrected chi connectivity index (χ2v) is 6.37. The molecule has 0 aliphatic rings. The lowest BCUT2D eigenvalue weighted by Crippen LogP contribution is -1.90. The predicted molar refractivity (Wildman–Crippen MR) is 87.2 cm³/mol. The summed E-state index contributed by atoms with van der Waals surface area (Å²) in [6.07, 6.45) is 0. The molecule has 0 N–H and O–H groups in total. The summed E-state index contributed by atoms with van der Waals surface area (Å²) in [5, 5.41) is 14.1. The first kappa shape index (κ1) is 12.7. The predicted octanol–water partition coefficient (Wildman–Crippen LogP) is 4.28. The van der Waals surface area contributed by atoms with Gasteiger partial charge in [-0.05, 0) is 12.1 Å². The lowest BCUT2D eigenvalue weighted by molar-refractivity contribution is 0.970. The summed E-state index contributed by atoms with van der Waals surface area (Å²) in [6, 6.07) is 18.1. The second kappa shape index (κ2) is 5.05. The first-order chi connectivity index (χ1) is 10.3. The minimum absolute atomic E-state index is 0.754. The number of aromatic nitrogens is 4. The Morgan fingerprint density at radius 2 is 1.71 bits per heavy atom. The third kappa shape index (κ3) is 2.26. The highest BCUT2D eigenvalue weighted by molar-refractivity contribution is 9.10. The average molecular weight is 357 g/mol. The zero-order valence-electron chi connectivity index (χ0n) is 10.8. The van der Waals surface area contributed by atoms with Crippen molar-refractivity contribution < 1.29 is 0 Å². The molecule has 0 atom stereocenters. The number of benzene rings is 2. The zero-order valence-corrected chi connectivity index (χ0v) is 13.2. The van der Waals surface area contributed by atoms with Crippen LogP contribution >= 0.6 is 27.3 Å². The SMILES string of the molecule is Brc1cccc(-c2nnc3sc(-c4ccccc4)nn23)c1. The molecule has 102 valence electrons. The van der Waals surface area contributed by atoms with Gasteiger partial charge >= 0.3 is 0 Å². The molecule has 21 heavy (non-hydrogen) atoms. The lowest BCUT2D eigenvalue weighted by atomic mass is 10.2. The van der Waals surface area contributed by atoms with Gasteiger partial charge in [0.15, 0.2) is 5.82 Å². The number of hydrogen-bond donors (Lipinski definition) is 0. The van der Waals surface area contributed by atoms with Gasteiger partial charge in [-0.1, -0.05) is 69.7 Å². The van der Waals surface area contributed by atoms with E-state index in [1.54, 1.807) is 4.52 Å². The molecular formula is C15H9BrN4S. The molecule has 0 aliphatic heterocycles. The Kier molecular flexibility index (Phi) is 3.05. The van der Waals surface area contributed by atoms with Crippen molar-refractivity contribution in [1.82, 2.24) is 19.8 Å². The van der Waals surface area contributed by atoms with E-state index in [1.807, 2.05) is 54.6 Å². The van der Waals surface area contributed by atoms with Crippen LogP contribution in [-0.2, 0) is 0 Å². The van der Waals surface area contributed by atoms with Crippen molar-refractivity contribution in [2.45, 2.75) is 0 Å². The first-order valence-electron chi connectivity index (χ1n) is 6.35. The molecule has 0 radical (unpaired) electrons. The quantitative estimate of drug-likeness (QED) is 0.538. The van der Waals surface area contributed by atoms with Crippen LogP contribution in [-0.4, -0.2) is 19.8 Å². The van der Waals surface area contributed by atoms with Crippen LogP contribution in [0.1, 0.15) is 0 Å². The minimum atomic E-state index is 0.754. The highest BCUT2D eigenvalue weighted by Gasteiger charge is 2.14. The van der Waals surface area contributed by atoms with Crippen molar-refractivity contribution in [3.8, 4) is 22.0 Å². The van der Waals surface area contributed by atoms with Gasteiger partial charge < -0.3 is 0 Å². The van der Waals surface area contributed by atoms with Crippen molar-refractivity contribution in [3.63, 3.8) is 0 Å². The third-order valence-corrected chi connectivity index (χ3v) is 4.54. The maximum atomic E-state index is 4.64. The van der Waals surface area contributed by atoms with Gasteiger partial charge in [-0.2, -0.15) is 9.61 Å². The highest BCUT2D eigenvalue weighted by atomic mass is 79.9. The molecule has 4 rings (SSSR count). The molecule has 4 aromatic rings. The lowest BCUT2D eigenvalue weighted by Gasteiger charge is -1.97. The van der Waals surface area contributed by atoms with Gasteiger partial charge in [0.25, 0.3) is 0 Å². The van der Waals surface area contributed by atoms with Gasteiger partial charge in [0, 0.05) is 15.6 Å². The van der Waals surface area contributed by atoms with Crippen LogP contribution in [0.3, 0.4) is 0 Å². The topological polar surface area (TPSA) is 43.1 Å². The Morgan fingerprint density at radius 3 is 2.52 bits per heavy atom. The molecule has 0 amide bonds. The van der Waals surface area contributed by atoms with E-state index in [4.69, 9.17) is 0 Å². The standard InChI is InChI=1S/C15H9BrN4S/c16-12-8-4-7-11(9-12)13-17-18-15-20(13)19-14(21-15)10-5-2-1-3-6-10/h1-9H. The molecule has 6 heteroatoms. The minimum Gasteiger partial charge on any atom is -0.182 e. The van der Waals surface area contributed by atoms with Crippen molar-refractivity contribution in [2.75, 3.05) is 0 Å². The summed E-state index contributed by atoms with van der Waals surface area (Å²) in [5.74, 6) is 0.754. The van der Waals surface area contributed by atoms with Crippen LogP contribution in [0.25, 0.3) is 26.9 Å². The van der Waals surface area contributed by atoms with Gasteiger partial charge in [0.2, 0.25) is 4.96 Å². The number of rotatable bonds is 2. The van der Waals surface area contributed by atoms with Gasteiger partial charge in [-0.3, -0.25) is 0 Å². The Morgan fingerprint density at radius 1 is 0.905 bits per heavy atom. The van der Waals surface area contributed by atoms with E-state index >= 15 is 0 Å². The monoisotopic (exact) mass is 356 g/mol. The van der Waals surface area contributed by atoms with Crippen molar-refractivity contribution in [2.24, 2.45) is 0 Å². The summed E-state index contributed by atoms with van der Waals surface area (Å²) in [6.45, 7) is 0. The molecule has 0 aliphatic carbocycles. The fourth-order valence-corrected chi connectivity index (χ4v) is 3.37. The molecule has 2 heterocycles. The van der Waals surface area contributed by atoms with Crippen LogP contribution in [0.15, 0.2) is 59.1 Å². The first-order valence-corrected chi connectivity index (χ1v) is 7.96. The van der Waals surface area contributed by atoms with Crippen molar-refractivity contribution >= 4 is 32.2 Å².